The van der Waals surface area contributed by atoms with Gasteiger partial charge in [-0.05, 0) is 12.1 Å². The van der Waals surface area contributed by atoms with E-state index in [1.165, 1.54) is 6.07 Å². The molecule has 1 aromatic heterocycles. The molecule has 7 nitrogen and oxygen atoms in total. The maximum absolute atomic E-state index is 11.1. The summed E-state index contributed by atoms with van der Waals surface area (Å²) in [6.45, 7) is 1.58. The van der Waals surface area contributed by atoms with Crippen molar-refractivity contribution < 1.29 is 9.66 Å². The quantitative estimate of drug-likeness (QED) is 0.655. The number of aromatic nitrogens is 1. The maximum atomic E-state index is 11.1. The summed E-state index contributed by atoms with van der Waals surface area (Å²) in [4.78, 5) is 14.8. The molecule has 0 radical (unpaired) electrons. The standard InChI is InChI=1S/C14H16N4O3/c1-21-14-8-16-7-12(14)17-11-2-3-13(18(19)20)9-4-5-15-6-10(9)11/h2-6,12,14,16-17H,7-8H2,1H3/t12?,14-/m0/s1. The molecule has 2 N–H and O–H groups in total. The van der Waals surface area contributed by atoms with Crippen LogP contribution < -0.4 is 10.6 Å². The summed E-state index contributed by atoms with van der Waals surface area (Å²) in [5.74, 6) is 0. The molecule has 1 aliphatic heterocycles. The van der Waals surface area contributed by atoms with Gasteiger partial charge in [-0.2, -0.15) is 0 Å². The van der Waals surface area contributed by atoms with Gasteiger partial charge in [0.2, 0.25) is 0 Å². The van der Waals surface area contributed by atoms with E-state index in [-0.39, 0.29) is 22.8 Å². The van der Waals surface area contributed by atoms with Crippen molar-refractivity contribution in [1.82, 2.24) is 10.3 Å². The van der Waals surface area contributed by atoms with E-state index in [1.807, 2.05) is 0 Å². The van der Waals surface area contributed by atoms with Crippen LogP contribution in [0, 0.1) is 10.1 Å². The van der Waals surface area contributed by atoms with Crippen molar-refractivity contribution in [3.63, 3.8) is 0 Å². The number of anilines is 1. The van der Waals surface area contributed by atoms with Gasteiger partial charge in [-0.3, -0.25) is 15.1 Å². The number of nitrogens with zero attached hydrogens (tertiary/aromatic N) is 2. The van der Waals surface area contributed by atoms with Crippen molar-refractivity contribution in [2.75, 3.05) is 25.5 Å². The van der Waals surface area contributed by atoms with Crippen LogP contribution >= 0.6 is 0 Å². The first kappa shape index (κ1) is 13.7. The molecule has 1 aromatic carbocycles. The molecule has 2 atom stereocenters. The van der Waals surface area contributed by atoms with E-state index in [0.717, 1.165) is 24.2 Å². The first-order chi connectivity index (χ1) is 10.2. The normalized spacial score (nSPS) is 21.6. The van der Waals surface area contributed by atoms with E-state index in [1.54, 1.807) is 31.6 Å². The van der Waals surface area contributed by atoms with Gasteiger partial charge >= 0.3 is 0 Å². The lowest BCUT2D eigenvalue weighted by Crippen LogP contribution is -2.33. The molecule has 1 unspecified atom stereocenters. The average molecular weight is 288 g/mol. The van der Waals surface area contributed by atoms with Gasteiger partial charge in [-0.25, -0.2) is 0 Å². The molecule has 2 heterocycles. The van der Waals surface area contributed by atoms with Gasteiger partial charge in [0.1, 0.15) is 0 Å². The Bertz CT molecular complexity index is 676. The smallest absolute Gasteiger partial charge is 0.277 e. The highest BCUT2D eigenvalue weighted by Gasteiger charge is 2.27. The maximum Gasteiger partial charge on any atom is 0.277 e. The Morgan fingerprint density at radius 2 is 2.24 bits per heavy atom. The van der Waals surface area contributed by atoms with Crippen LogP contribution in [-0.4, -0.2) is 42.3 Å². The minimum Gasteiger partial charge on any atom is -0.378 e. The van der Waals surface area contributed by atoms with Gasteiger partial charge in [0.15, 0.2) is 0 Å². The number of hydrogen-bond acceptors (Lipinski definition) is 6. The number of pyridine rings is 1. The van der Waals surface area contributed by atoms with Crippen LogP contribution in [0.4, 0.5) is 11.4 Å². The summed E-state index contributed by atoms with van der Waals surface area (Å²) < 4.78 is 5.42. The Morgan fingerprint density at radius 3 is 3.00 bits per heavy atom. The molecule has 1 aliphatic rings. The number of fused-ring (bicyclic) bond motifs is 1. The molecule has 0 aliphatic carbocycles. The summed E-state index contributed by atoms with van der Waals surface area (Å²) in [6, 6.07) is 5.04. The molecule has 1 fully saturated rings. The number of nitrogens with one attached hydrogen (secondary N) is 2. The van der Waals surface area contributed by atoms with Crippen molar-refractivity contribution in [1.29, 1.82) is 0 Å². The molecule has 3 rings (SSSR count). The largest absolute Gasteiger partial charge is 0.378 e. The third kappa shape index (κ3) is 2.53. The zero-order valence-electron chi connectivity index (χ0n) is 11.6. The minimum absolute atomic E-state index is 0.0758. The summed E-state index contributed by atoms with van der Waals surface area (Å²) in [5, 5.41) is 19.1. The van der Waals surface area contributed by atoms with E-state index in [0.29, 0.717) is 5.39 Å². The predicted octanol–water partition coefficient (Wildman–Crippen LogP) is 1.54. The third-order valence-corrected chi connectivity index (χ3v) is 3.79. The lowest BCUT2D eigenvalue weighted by molar-refractivity contribution is -0.383. The van der Waals surface area contributed by atoms with Gasteiger partial charge in [0, 0.05) is 49.7 Å². The lowest BCUT2D eigenvalue weighted by atomic mass is 10.1. The highest BCUT2D eigenvalue weighted by molar-refractivity contribution is 5.99. The number of rotatable bonds is 4. The Hall–Kier alpha value is -2.25. The molecule has 0 amide bonds. The fourth-order valence-corrected chi connectivity index (χ4v) is 2.71. The van der Waals surface area contributed by atoms with Gasteiger partial charge in [0.05, 0.1) is 22.5 Å². The van der Waals surface area contributed by atoms with Crippen LogP contribution in [0.1, 0.15) is 0 Å². The van der Waals surface area contributed by atoms with E-state index in [4.69, 9.17) is 4.74 Å². The first-order valence-electron chi connectivity index (χ1n) is 6.72. The van der Waals surface area contributed by atoms with Crippen LogP contribution in [0.2, 0.25) is 0 Å². The number of non-ortho nitro benzene ring substituents is 1. The molecule has 2 aromatic rings. The Balaban J connectivity index is 2.00. The monoisotopic (exact) mass is 288 g/mol. The highest BCUT2D eigenvalue weighted by Crippen LogP contribution is 2.31. The zero-order chi connectivity index (χ0) is 14.8. The molecule has 110 valence electrons. The molecule has 1 saturated heterocycles. The average Bonchev–Trinajstić information content (AvgIpc) is 2.94. The molecular weight excluding hydrogens is 272 g/mol. The Morgan fingerprint density at radius 1 is 1.38 bits per heavy atom. The van der Waals surface area contributed by atoms with Crippen molar-refractivity contribution in [2.24, 2.45) is 0 Å². The number of nitro groups is 1. The zero-order valence-corrected chi connectivity index (χ0v) is 11.6. The molecular formula is C14H16N4O3. The van der Waals surface area contributed by atoms with Crippen LogP contribution in [0.3, 0.4) is 0 Å². The topological polar surface area (TPSA) is 89.3 Å². The van der Waals surface area contributed by atoms with Crippen LogP contribution in [0.15, 0.2) is 30.6 Å². The predicted molar refractivity (Wildman–Crippen MR) is 79.5 cm³/mol. The highest BCUT2D eigenvalue weighted by atomic mass is 16.6. The van der Waals surface area contributed by atoms with E-state index in [2.05, 4.69) is 15.6 Å². The van der Waals surface area contributed by atoms with Gasteiger partial charge in [-0.15, -0.1) is 0 Å². The molecule has 0 spiro atoms. The van der Waals surface area contributed by atoms with E-state index < -0.39 is 0 Å². The minimum atomic E-state index is -0.374. The van der Waals surface area contributed by atoms with E-state index >= 15 is 0 Å². The third-order valence-electron chi connectivity index (χ3n) is 3.79. The van der Waals surface area contributed by atoms with Crippen molar-refractivity contribution in [3.05, 3.63) is 40.7 Å². The molecule has 21 heavy (non-hydrogen) atoms. The van der Waals surface area contributed by atoms with Gasteiger partial charge in [-0.1, -0.05) is 0 Å². The first-order valence-corrected chi connectivity index (χ1v) is 6.72. The molecule has 7 heteroatoms. The Labute approximate surface area is 121 Å². The lowest BCUT2D eigenvalue weighted by Gasteiger charge is -2.20. The summed E-state index contributed by atoms with van der Waals surface area (Å²) >= 11 is 0. The number of hydrogen-bond donors (Lipinski definition) is 2. The molecule has 0 saturated carbocycles. The SMILES string of the molecule is CO[C@H]1CNCC1Nc1ccc([N+](=O)[O-])c2ccncc12. The summed E-state index contributed by atoms with van der Waals surface area (Å²) in [7, 11) is 1.68. The number of ether oxygens (including phenoxy) is 1. The van der Waals surface area contributed by atoms with Gasteiger partial charge < -0.3 is 15.4 Å². The van der Waals surface area contributed by atoms with Crippen LogP contribution in [-0.2, 0) is 4.74 Å². The second kappa shape index (κ2) is 5.63. The summed E-state index contributed by atoms with van der Waals surface area (Å²) in [5.41, 5.74) is 0.922. The van der Waals surface area contributed by atoms with Gasteiger partial charge in [0.25, 0.3) is 5.69 Å². The van der Waals surface area contributed by atoms with Crippen LogP contribution in [0.25, 0.3) is 10.8 Å². The van der Waals surface area contributed by atoms with Crippen LogP contribution in [0.5, 0.6) is 0 Å². The van der Waals surface area contributed by atoms with Crippen molar-refractivity contribution in [2.45, 2.75) is 12.1 Å². The van der Waals surface area contributed by atoms with E-state index in [9.17, 15) is 10.1 Å². The Kier molecular flexibility index (Phi) is 3.68. The number of methoxy groups -OCH3 is 1. The second-order valence-electron chi connectivity index (χ2n) is 4.99. The fraction of sp³-hybridized carbons (Fsp3) is 0.357. The van der Waals surface area contributed by atoms with Crippen molar-refractivity contribution in [3.8, 4) is 0 Å². The number of benzene rings is 1. The fourth-order valence-electron chi connectivity index (χ4n) is 2.71. The number of nitro benzene ring substituents is 1. The second-order valence-corrected chi connectivity index (χ2v) is 4.99. The summed E-state index contributed by atoms with van der Waals surface area (Å²) in [6.07, 6.45) is 3.29. The van der Waals surface area contributed by atoms with Crippen molar-refractivity contribution >= 4 is 22.1 Å². The molecule has 0 bridgehead atoms.